The largest absolute Gasteiger partial charge is 0.487 e. The van der Waals surface area contributed by atoms with Crippen LogP contribution in [-0.2, 0) is 36.5 Å². The topological polar surface area (TPSA) is 55.4 Å². The third-order valence-electron chi connectivity index (χ3n) is 9.09. The summed E-state index contributed by atoms with van der Waals surface area (Å²) in [5, 5.41) is 0.655. The van der Waals surface area contributed by atoms with Crippen LogP contribution in [0, 0.1) is 0 Å². The average molecular weight is 671 g/mol. The van der Waals surface area contributed by atoms with E-state index in [0.717, 1.165) is 74.5 Å². The number of ether oxygens (including phenoxy) is 6. The summed E-state index contributed by atoms with van der Waals surface area (Å²) >= 11 is 7.12. The molecule has 4 rings (SSSR count). The van der Waals surface area contributed by atoms with Gasteiger partial charge in [-0.2, -0.15) is 0 Å². The number of hydrogen-bond acceptors (Lipinski definition) is 6. The third-order valence-corrected chi connectivity index (χ3v) is 9.50. The van der Waals surface area contributed by atoms with Gasteiger partial charge in [-0.1, -0.05) is 108 Å². The van der Waals surface area contributed by atoms with Gasteiger partial charge in [0.2, 0.25) is 0 Å². The number of aryl methyl sites for hydroxylation is 1. The van der Waals surface area contributed by atoms with E-state index in [4.69, 9.17) is 40.0 Å². The fourth-order valence-electron chi connectivity index (χ4n) is 6.22. The van der Waals surface area contributed by atoms with E-state index in [2.05, 4.69) is 71.0 Å². The van der Waals surface area contributed by atoms with Crippen LogP contribution in [0.5, 0.6) is 5.75 Å². The molecule has 1 fully saturated rings. The number of hydrogen-bond donors (Lipinski definition) is 0. The van der Waals surface area contributed by atoms with E-state index in [1.165, 1.54) is 11.1 Å². The fraction of sp³-hybridized carbons (Fsp3) is 0.650. The Morgan fingerprint density at radius 2 is 1.34 bits per heavy atom. The van der Waals surface area contributed by atoms with Crippen molar-refractivity contribution in [2.75, 3.05) is 39.6 Å². The van der Waals surface area contributed by atoms with Crippen molar-refractivity contribution in [2.24, 2.45) is 0 Å². The molecule has 0 radical (unpaired) electrons. The second-order valence-corrected chi connectivity index (χ2v) is 13.2. The number of unbranched alkanes of at least 4 members (excludes halogenated alkanes) is 4. The van der Waals surface area contributed by atoms with Crippen LogP contribution in [0.2, 0.25) is 5.02 Å². The van der Waals surface area contributed by atoms with E-state index in [0.29, 0.717) is 56.8 Å². The molecule has 0 spiro atoms. The van der Waals surface area contributed by atoms with Crippen molar-refractivity contribution < 1.29 is 28.4 Å². The summed E-state index contributed by atoms with van der Waals surface area (Å²) in [6.45, 7) is 14.4. The first-order chi connectivity index (χ1) is 23.1. The molecule has 1 unspecified atom stereocenters. The molecule has 0 bridgehead atoms. The van der Waals surface area contributed by atoms with E-state index in [1.807, 2.05) is 6.08 Å². The molecule has 47 heavy (non-hydrogen) atoms. The molecule has 2 aliphatic heterocycles. The Morgan fingerprint density at radius 1 is 0.745 bits per heavy atom. The quantitative estimate of drug-likeness (QED) is 0.123. The van der Waals surface area contributed by atoms with Crippen LogP contribution in [0.25, 0.3) is 6.08 Å². The van der Waals surface area contributed by atoms with Gasteiger partial charge in [-0.15, -0.1) is 0 Å². The van der Waals surface area contributed by atoms with Gasteiger partial charge in [-0.25, -0.2) is 0 Å². The Bertz CT molecular complexity index is 1210. The maximum absolute atomic E-state index is 7.13. The summed E-state index contributed by atoms with van der Waals surface area (Å²) in [6.07, 6.45) is 12.2. The van der Waals surface area contributed by atoms with E-state index in [9.17, 15) is 0 Å². The summed E-state index contributed by atoms with van der Waals surface area (Å²) < 4.78 is 39.8. The van der Waals surface area contributed by atoms with Gasteiger partial charge >= 0.3 is 0 Å². The molecule has 2 aromatic rings. The second kappa shape index (κ2) is 20.6. The lowest BCUT2D eigenvalue weighted by molar-refractivity contribution is -0.268. The third kappa shape index (κ3) is 10.5. The van der Waals surface area contributed by atoms with Gasteiger partial charge in [0.05, 0.1) is 11.6 Å². The fourth-order valence-corrected chi connectivity index (χ4v) is 6.50. The van der Waals surface area contributed by atoms with Crippen LogP contribution >= 0.6 is 11.6 Å². The van der Waals surface area contributed by atoms with E-state index in [-0.39, 0.29) is 24.4 Å². The summed E-state index contributed by atoms with van der Waals surface area (Å²) in [5.74, 6) is 0.711. The highest BCUT2D eigenvalue weighted by atomic mass is 35.5. The zero-order valence-electron chi connectivity index (χ0n) is 29.6. The molecule has 2 aliphatic rings. The van der Waals surface area contributed by atoms with Crippen LogP contribution in [0.1, 0.15) is 120 Å². The van der Waals surface area contributed by atoms with Crippen molar-refractivity contribution in [1.82, 2.24) is 0 Å². The van der Waals surface area contributed by atoms with Gasteiger partial charge in [-0.3, -0.25) is 0 Å². The van der Waals surface area contributed by atoms with Crippen molar-refractivity contribution in [1.29, 1.82) is 0 Å². The Hall–Kier alpha value is -1.93. The second-order valence-electron chi connectivity index (χ2n) is 12.8. The minimum absolute atomic E-state index is 0.311. The van der Waals surface area contributed by atoms with Crippen LogP contribution in [0.3, 0.4) is 0 Å². The molecule has 0 aliphatic carbocycles. The summed E-state index contributed by atoms with van der Waals surface area (Å²) in [6, 6.07) is 11.0. The molecule has 0 amide bonds. The van der Waals surface area contributed by atoms with Gasteiger partial charge < -0.3 is 28.4 Å². The number of fused-ring (bicyclic) bond motifs is 1. The molecular formula is C40H59ClO6. The first-order valence-electron chi connectivity index (χ1n) is 18.4. The molecule has 5 atom stereocenters. The summed E-state index contributed by atoms with van der Waals surface area (Å²) in [4.78, 5) is 0. The van der Waals surface area contributed by atoms with Crippen molar-refractivity contribution >= 4 is 17.7 Å². The Morgan fingerprint density at radius 3 is 1.98 bits per heavy atom. The molecule has 6 nitrogen and oxygen atoms in total. The standard InChI is InChI=1S/C40H59ClO6/c1-6-11-21-42-28-34-38(44-22-12-7-2)40(46-24-14-9-4)39(45-23-13-8-3)37(47-34)33-27-31(26-30-19-17-29(10-5)18-20-30)35(41)36-32(33)16-15-25-43-36/h15-20,27,34,37-40H,6-14,21-26,28H2,1-5H3/t34-,37?,38-,39+,40+/m1/s1. The highest BCUT2D eigenvalue weighted by molar-refractivity contribution is 6.33. The molecule has 0 saturated carbocycles. The van der Waals surface area contributed by atoms with E-state index < -0.39 is 6.10 Å². The van der Waals surface area contributed by atoms with Gasteiger partial charge in [0.15, 0.2) is 0 Å². The molecule has 262 valence electrons. The minimum atomic E-state index is -0.428. The number of benzene rings is 2. The van der Waals surface area contributed by atoms with Crippen molar-refractivity contribution in [3.05, 3.63) is 69.2 Å². The molecular weight excluding hydrogens is 612 g/mol. The van der Waals surface area contributed by atoms with Crippen LogP contribution in [0.4, 0.5) is 0 Å². The molecule has 2 heterocycles. The van der Waals surface area contributed by atoms with Gasteiger partial charge in [0.25, 0.3) is 0 Å². The molecule has 0 N–H and O–H groups in total. The Balaban J connectivity index is 1.80. The number of rotatable bonds is 21. The highest BCUT2D eigenvalue weighted by Crippen LogP contribution is 2.46. The monoisotopic (exact) mass is 670 g/mol. The predicted molar refractivity (Wildman–Crippen MR) is 192 cm³/mol. The van der Waals surface area contributed by atoms with Crippen LogP contribution in [-0.4, -0.2) is 64.1 Å². The zero-order valence-corrected chi connectivity index (χ0v) is 30.3. The lowest BCUT2D eigenvalue weighted by atomic mass is 9.86. The minimum Gasteiger partial charge on any atom is -0.487 e. The summed E-state index contributed by atoms with van der Waals surface area (Å²) in [5.41, 5.74) is 5.49. The summed E-state index contributed by atoms with van der Waals surface area (Å²) in [7, 11) is 0. The average Bonchev–Trinajstić information content (AvgIpc) is 3.10. The molecule has 7 heteroatoms. The van der Waals surface area contributed by atoms with Crippen molar-refractivity contribution in [3.63, 3.8) is 0 Å². The van der Waals surface area contributed by atoms with Crippen molar-refractivity contribution in [2.45, 2.75) is 129 Å². The van der Waals surface area contributed by atoms with Gasteiger partial charge in [-0.05, 0) is 66.9 Å². The normalized spacial score (nSPS) is 22.3. The Labute approximate surface area is 289 Å². The predicted octanol–water partition coefficient (Wildman–Crippen LogP) is 9.71. The van der Waals surface area contributed by atoms with Crippen molar-refractivity contribution in [3.8, 4) is 5.75 Å². The van der Waals surface area contributed by atoms with Crippen LogP contribution in [0.15, 0.2) is 36.4 Å². The lowest BCUT2D eigenvalue weighted by Gasteiger charge is -2.47. The Kier molecular flexibility index (Phi) is 16.6. The highest BCUT2D eigenvalue weighted by Gasteiger charge is 2.49. The lowest BCUT2D eigenvalue weighted by Crippen LogP contribution is -2.58. The SMILES string of the molecule is CCCCOC[C@H]1OC(c2cc(Cc3ccc(CC)cc3)c(Cl)c3c2C=CCO3)[C@H](OCCCC)[C@@H](OCCCC)[C@@H]1OCCCC. The first-order valence-corrected chi connectivity index (χ1v) is 18.7. The van der Waals surface area contributed by atoms with Gasteiger partial charge in [0, 0.05) is 32.0 Å². The van der Waals surface area contributed by atoms with Gasteiger partial charge in [0.1, 0.15) is 42.9 Å². The zero-order chi connectivity index (χ0) is 33.4. The molecule has 2 aromatic carbocycles. The van der Waals surface area contributed by atoms with E-state index >= 15 is 0 Å². The maximum Gasteiger partial charge on any atom is 0.146 e. The first kappa shape index (κ1) is 37.9. The number of halogens is 1. The molecule has 0 aromatic heterocycles. The van der Waals surface area contributed by atoms with Crippen LogP contribution < -0.4 is 4.74 Å². The van der Waals surface area contributed by atoms with E-state index in [1.54, 1.807) is 0 Å². The molecule has 1 saturated heterocycles. The smallest absolute Gasteiger partial charge is 0.146 e. The maximum atomic E-state index is 7.13.